The molecule has 0 spiro atoms. The highest BCUT2D eigenvalue weighted by Gasteiger charge is 2.40. The maximum Gasteiger partial charge on any atom is 0.237 e. The van der Waals surface area contributed by atoms with Gasteiger partial charge in [0, 0.05) is 19.5 Å². The second-order valence-corrected chi connectivity index (χ2v) is 6.75. The number of nitriles is 1. The molecule has 0 aromatic rings. The van der Waals surface area contributed by atoms with Crippen LogP contribution < -0.4 is 5.84 Å². The van der Waals surface area contributed by atoms with Crippen LogP contribution in [-0.2, 0) is 4.79 Å². The summed E-state index contributed by atoms with van der Waals surface area (Å²) in [5.74, 6) is 6.65. The van der Waals surface area contributed by atoms with Gasteiger partial charge >= 0.3 is 0 Å². The van der Waals surface area contributed by atoms with Gasteiger partial charge in [0.25, 0.3) is 0 Å². The summed E-state index contributed by atoms with van der Waals surface area (Å²) < 4.78 is 0. The Morgan fingerprint density at radius 2 is 1.95 bits per heavy atom. The van der Waals surface area contributed by atoms with Crippen LogP contribution in [0, 0.1) is 17.2 Å². The van der Waals surface area contributed by atoms with Crippen LogP contribution in [0.25, 0.3) is 0 Å². The molecule has 1 saturated carbocycles. The average molecular weight is 292 g/mol. The molecule has 0 radical (unpaired) electrons. The van der Waals surface area contributed by atoms with Crippen molar-refractivity contribution in [2.24, 2.45) is 11.8 Å². The molecule has 2 N–H and O–H groups in total. The zero-order chi connectivity index (χ0) is 15.3. The average Bonchev–Trinajstić information content (AvgIpc) is 2.54. The quantitative estimate of drug-likeness (QED) is 0.489. The molecule has 1 aliphatic carbocycles. The topological polar surface area (TPSA) is 73.4 Å². The first-order chi connectivity index (χ1) is 10.1. The molecule has 1 amide bonds. The van der Waals surface area contributed by atoms with Crippen molar-refractivity contribution >= 4 is 5.91 Å². The number of hydrazine groups is 1. The molecule has 1 saturated heterocycles. The van der Waals surface area contributed by atoms with Gasteiger partial charge in [-0.1, -0.05) is 32.1 Å². The summed E-state index contributed by atoms with van der Waals surface area (Å²) in [5.41, 5.74) is -0.795. The molecule has 0 unspecified atom stereocenters. The Hall–Kier alpha value is -1.12. The lowest BCUT2D eigenvalue weighted by Gasteiger charge is -2.41. The van der Waals surface area contributed by atoms with Gasteiger partial charge < -0.3 is 4.90 Å². The highest BCUT2D eigenvalue weighted by Crippen LogP contribution is 2.29. The first-order valence-electron chi connectivity index (χ1n) is 8.25. The molecule has 0 atom stereocenters. The molecule has 118 valence electrons. The third-order valence-electron chi connectivity index (χ3n) is 5.24. The van der Waals surface area contributed by atoms with Gasteiger partial charge in [-0.15, -0.1) is 0 Å². The number of carbonyl (C=O) groups excluding carboxylic acids is 1. The Morgan fingerprint density at radius 1 is 1.33 bits per heavy atom. The number of carbonyl (C=O) groups is 1. The van der Waals surface area contributed by atoms with E-state index in [2.05, 4.69) is 11.0 Å². The summed E-state index contributed by atoms with van der Waals surface area (Å²) in [6.07, 6.45) is 9.10. The van der Waals surface area contributed by atoms with Crippen molar-refractivity contribution in [3.8, 4) is 6.07 Å². The van der Waals surface area contributed by atoms with Gasteiger partial charge in [0.1, 0.15) is 5.54 Å². The largest absolute Gasteiger partial charge is 0.306 e. The van der Waals surface area contributed by atoms with Gasteiger partial charge in [-0.3, -0.25) is 9.80 Å². The molecule has 5 nitrogen and oxygen atoms in total. The number of nitrogens with zero attached hydrogens (tertiary/aromatic N) is 3. The van der Waals surface area contributed by atoms with Gasteiger partial charge in [-0.25, -0.2) is 5.84 Å². The van der Waals surface area contributed by atoms with E-state index in [-0.39, 0.29) is 5.91 Å². The van der Waals surface area contributed by atoms with Gasteiger partial charge in [0.05, 0.1) is 6.07 Å². The molecule has 2 rings (SSSR count). The lowest BCUT2D eigenvalue weighted by atomic mass is 9.85. The summed E-state index contributed by atoms with van der Waals surface area (Å²) >= 11 is 0. The predicted octanol–water partition coefficient (Wildman–Crippen LogP) is 2.04. The van der Waals surface area contributed by atoms with Crippen LogP contribution >= 0.6 is 0 Å². The van der Waals surface area contributed by atoms with Gasteiger partial charge in [-0.2, -0.15) is 5.26 Å². The van der Waals surface area contributed by atoms with Crippen LogP contribution in [0.3, 0.4) is 0 Å². The van der Waals surface area contributed by atoms with Crippen molar-refractivity contribution in [1.29, 1.82) is 5.26 Å². The number of likely N-dealkylation sites (tertiary alicyclic amines) is 1. The Balaban J connectivity index is 1.86. The fourth-order valence-corrected chi connectivity index (χ4v) is 3.56. The van der Waals surface area contributed by atoms with Crippen molar-refractivity contribution < 1.29 is 4.79 Å². The first-order valence-corrected chi connectivity index (χ1v) is 8.25. The van der Waals surface area contributed by atoms with Crippen LogP contribution in [0.15, 0.2) is 0 Å². The van der Waals surface area contributed by atoms with E-state index in [1.54, 1.807) is 0 Å². The van der Waals surface area contributed by atoms with Crippen molar-refractivity contribution in [3.05, 3.63) is 0 Å². The minimum atomic E-state index is -0.795. The van der Waals surface area contributed by atoms with Crippen molar-refractivity contribution in [2.45, 2.75) is 63.3 Å². The monoisotopic (exact) mass is 292 g/mol. The number of hydrogen-bond donors (Lipinski definition) is 1. The van der Waals surface area contributed by atoms with E-state index in [0.717, 1.165) is 19.5 Å². The van der Waals surface area contributed by atoms with E-state index in [1.165, 1.54) is 37.1 Å². The normalized spacial score (nSPS) is 23.5. The molecule has 0 aromatic heterocycles. The fraction of sp³-hybridized carbons (Fsp3) is 0.875. The van der Waals surface area contributed by atoms with Crippen LogP contribution in [0.5, 0.6) is 0 Å². The van der Waals surface area contributed by atoms with Crippen molar-refractivity contribution in [1.82, 2.24) is 9.91 Å². The van der Waals surface area contributed by atoms with Crippen LogP contribution in [0.2, 0.25) is 0 Å². The fourth-order valence-electron chi connectivity index (χ4n) is 3.56. The first kappa shape index (κ1) is 16.3. The standard InChI is InChI=1S/C16H28N4O/c1-19-11-9-16(13-17,10-12-19)20(18)15(21)8-7-14-5-3-2-4-6-14/h14H,2-12,18H2,1H3. The summed E-state index contributed by atoms with van der Waals surface area (Å²) in [6.45, 7) is 1.63. The Morgan fingerprint density at radius 3 is 2.52 bits per heavy atom. The summed E-state index contributed by atoms with van der Waals surface area (Å²) in [5, 5.41) is 10.8. The summed E-state index contributed by atoms with van der Waals surface area (Å²) in [7, 11) is 2.03. The molecule has 0 bridgehead atoms. The van der Waals surface area contributed by atoms with Crippen LogP contribution in [-0.4, -0.2) is 41.5 Å². The van der Waals surface area contributed by atoms with Crippen molar-refractivity contribution in [3.63, 3.8) is 0 Å². The number of nitrogens with two attached hydrogens (primary N) is 1. The molecular formula is C16H28N4O. The smallest absolute Gasteiger partial charge is 0.237 e. The molecule has 1 heterocycles. The number of piperidine rings is 1. The van der Waals surface area contributed by atoms with E-state index >= 15 is 0 Å². The second-order valence-electron chi connectivity index (χ2n) is 6.75. The van der Waals surface area contributed by atoms with Crippen molar-refractivity contribution in [2.75, 3.05) is 20.1 Å². The number of rotatable bonds is 4. The Bertz CT molecular complexity index is 390. The Labute approximate surface area is 128 Å². The molecular weight excluding hydrogens is 264 g/mol. The second kappa shape index (κ2) is 7.24. The van der Waals surface area contributed by atoms with Gasteiger partial charge in [-0.05, 0) is 32.2 Å². The van der Waals surface area contributed by atoms with Gasteiger partial charge in [0.15, 0.2) is 0 Å². The molecule has 1 aliphatic heterocycles. The highest BCUT2D eigenvalue weighted by atomic mass is 16.2. The zero-order valence-corrected chi connectivity index (χ0v) is 13.2. The molecule has 21 heavy (non-hydrogen) atoms. The highest BCUT2D eigenvalue weighted by molar-refractivity contribution is 5.77. The lowest BCUT2D eigenvalue weighted by Crippen LogP contribution is -2.59. The third-order valence-corrected chi connectivity index (χ3v) is 5.24. The molecule has 5 heteroatoms. The summed E-state index contributed by atoms with van der Waals surface area (Å²) in [6, 6.07) is 2.31. The maximum absolute atomic E-state index is 12.4. The minimum absolute atomic E-state index is 0.0633. The van der Waals surface area contributed by atoms with E-state index in [0.29, 0.717) is 25.2 Å². The van der Waals surface area contributed by atoms with Gasteiger partial charge in [0.2, 0.25) is 5.91 Å². The SMILES string of the molecule is CN1CCC(C#N)(N(N)C(=O)CCC2CCCCC2)CC1. The molecule has 2 aliphatic rings. The minimum Gasteiger partial charge on any atom is -0.306 e. The lowest BCUT2D eigenvalue weighted by molar-refractivity contribution is -0.138. The maximum atomic E-state index is 12.4. The Kier molecular flexibility index (Phi) is 5.60. The summed E-state index contributed by atoms with van der Waals surface area (Å²) in [4.78, 5) is 14.5. The van der Waals surface area contributed by atoms with E-state index in [4.69, 9.17) is 5.84 Å². The molecule has 2 fully saturated rings. The third kappa shape index (κ3) is 3.96. The number of hydrogen-bond acceptors (Lipinski definition) is 4. The molecule has 0 aromatic carbocycles. The van der Waals surface area contributed by atoms with E-state index in [9.17, 15) is 10.1 Å². The zero-order valence-electron chi connectivity index (χ0n) is 13.2. The van der Waals surface area contributed by atoms with Crippen LogP contribution in [0.1, 0.15) is 57.8 Å². The number of amides is 1. The van der Waals surface area contributed by atoms with E-state index < -0.39 is 5.54 Å². The van der Waals surface area contributed by atoms with E-state index in [1.807, 2.05) is 7.05 Å². The predicted molar refractivity (Wildman–Crippen MR) is 81.9 cm³/mol. The van der Waals surface area contributed by atoms with Crippen LogP contribution in [0.4, 0.5) is 0 Å².